The summed E-state index contributed by atoms with van der Waals surface area (Å²) in [4.78, 5) is 8.59. The van der Waals surface area contributed by atoms with Gasteiger partial charge in [-0.3, -0.25) is 0 Å². The molecule has 0 saturated heterocycles. The second-order valence-corrected chi connectivity index (χ2v) is 4.68. The molecule has 5 heteroatoms. The van der Waals surface area contributed by atoms with Gasteiger partial charge in [-0.05, 0) is 25.0 Å². The largest absolute Gasteiger partial charge is 0.478 e. The Morgan fingerprint density at radius 3 is 2.71 bits per heavy atom. The Labute approximate surface area is 125 Å². The fraction of sp³-hybridized carbons (Fsp3) is 0.375. The molecule has 0 spiro atoms. The van der Waals surface area contributed by atoms with Crippen molar-refractivity contribution in [3.8, 4) is 5.88 Å². The van der Waals surface area contributed by atoms with Crippen LogP contribution in [0, 0.1) is 6.92 Å². The lowest BCUT2D eigenvalue weighted by Gasteiger charge is -2.09. The Bertz CT molecular complexity index is 587. The van der Waals surface area contributed by atoms with E-state index >= 15 is 0 Å². The lowest BCUT2D eigenvalue weighted by Crippen LogP contribution is -2.05. The van der Waals surface area contributed by atoms with E-state index in [4.69, 9.17) is 9.47 Å². The van der Waals surface area contributed by atoms with E-state index in [2.05, 4.69) is 33.5 Å². The molecule has 1 heterocycles. The Balaban J connectivity index is 2.03. The summed E-state index contributed by atoms with van der Waals surface area (Å²) in [5.74, 6) is 2.06. The van der Waals surface area contributed by atoms with E-state index in [9.17, 15) is 0 Å². The van der Waals surface area contributed by atoms with Crippen LogP contribution in [0.5, 0.6) is 5.88 Å². The van der Waals surface area contributed by atoms with Crippen molar-refractivity contribution in [3.63, 3.8) is 0 Å². The van der Waals surface area contributed by atoms with Crippen molar-refractivity contribution in [1.29, 1.82) is 0 Å². The fourth-order valence-corrected chi connectivity index (χ4v) is 2.04. The number of nitrogens with one attached hydrogen (secondary N) is 1. The average molecular weight is 287 g/mol. The molecule has 2 rings (SSSR count). The van der Waals surface area contributed by atoms with Gasteiger partial charge < -0.3 is 14.8 Å². The standard InChI is InChI=1S/C16H21N3O2/c1-4-21-16-9-15(18-12(2)19-16)17-10-13-6-5-7-14(8-13)11-20-3/h5-9H,4,10-11H2,1-3H3,(H,17,18,19). The van der Waals surface area contributed by atoms with Crippen molar-refractivity contribution in [2.24, 2.45) is 0 Å². The summed E-state index contributed by atoms with van der Waals surface area (Å²) in [7, 11) is 1.70. The summed E-state index contributed by atoms with van der Waals surface area (Å²) in [6.07, 6.45) is 0. The van der Waals surface area contributed by atoms with Gasteiger partial charge in [0.1, 0.15) is 11.6 Å². The van der Waals surface area contributed by atoms with Crippen molar-refractivity contribution in [2.75, 3.05) is 19.0 Å². The molecule has 1 N–H and O–H groups in total. The zero-order chi connectivity index (χ0) is 15.1. The first kappa shape index (κ1) is 15.3. The van der Waals surface area contributed by atoms with Gasteiger partial charge in [0.15, 0.2) is 0 Å². The molecular formula is C16H21N3O2. The summed E-state index contributed by atoms with van der Waals surface area (Å²) in [5, 5.41) is 3.30. The van der Waals surface area contributed by atoms with Gasteiger partial charge in [0.05, 0.1) is 13.2 Å². The molecule has 0 atom stereocenters. The molecule has 1 aromatic carbocycles. The van der Waals surface area contributed by atoms with Crippen LogP contribution in [0.2, 0.25) is 0 Å². The summed E-state index contributed by atoms with van der Waals surface area (Å²) in [6.45, 7) is 5.70. The monoisotopic (exact) mass is 287 g/mol. The van der Waals surface area contributed by atoms with Crippen molar-refractivity contribution >= 4 is 5.82 Å². The molecule has 0 bridgehead atoms. The number of hydrogen-bond acceptors (Lipinski definition) is 5. The first-order valence-corrected chi connectivity index (χ1v) is 7.00. The maximum absolute atomic E-state index is 5.42. The smallest absolute Gasteiger partial charge is 0.218 e. The van der Waals surface area contributed by atoms with E-state index in [1.54, 1.807) is 7.11 Å². The number of methoxy groups -OCH3 is 1. The number of rotatable bonds is 7. The highest BCUT2D eigenvalue weighted by Gasteiger charge is 2.03. The minimum absolute atomic E-state index is 0.592. The van der Waals surface area contributed by atoms with Crippen molar-refractivity contribution < 1.29 is 9.47 Å². The highest BCUT2D eigenvalue weighted by atomic mass is 16.5. The normalized spacial score (nSPS) is 10.4. The van der Waals surface area contributed by atoms with Crippen LogP contribution >= 0.6 is 0 Å². The first-order chi connectivity index (χ1) is 10.2. The predicted molar refractivity (Wildman–Crippen MR) is 82.4 cm³/mol. The number of aromatic nitrogens is 2. The highest BCUT2D eigenvalue weighted by Crippen LogP contribution is 2.15. The Morgan fingerprint density at radius 1 is 1.14 bits per heavy atom. The molecule has 0 saturated carbocycles. The Hall–Kier alpha value is -2.14. The maximum atomic E-state index is 5.42. The van der Waals surface area contributed by atoms with Crippen LogP contribution in [0.3, 0.4) is 0 Å². The number of aryl methyl sites for hydroxylation is 1. The van der Waals surface area contributed by atoms with E-state index in [1.165, 1.54) is 5.56 Å². The van der Waals surface area contributed by atoms with Crippen LogP contribution < -0.4 is 10.1 Å². The van der Waals surface area contributed by atoms with Gasteiger partial charge in [-0.1, -0.05) is 24.3 Å². The molecule has 0 fully saturated rings. The quantitative estimate of drug-likeness (QED) is 0.848. The summed E-state index contributed by atoms with van der Waals surface area (Å²) in [6, 6.07) is 10.1. The third-order valence-electron chi connectivity index (χ3n) is 2.88. The van der Waals surface area contributed by atoms with Crippen LogP contribution in [-0.2, 0) is 17.9 Å². The molecule has 0 aliphatic rings. The van der Waals surface area contributed by atoms with Crippen LogP contribution in [0.1, 0.15) is 23.9 Å². The van der Waals surface area contributed by atoms with Gasteiger partial charge >= 0.3 is 0 Å². The van der Waals surface area contributed by atoms with E-state index in [1.807, 2.05) is 26.0 Å². The fourth-order valence-electron chi connectivity index (χ4n) is 2.04. The summed E-state index contributed by atoms with van der Waals surface area (Å²) in [5.41, 5.74) is 2.34. The second kappa shape index (κ2) is 7.59. The third kappa shape index (κ3) is 4.72. The summed E-state index contributed by atoms with van der Waals surface area (Å²) >= 11 is 0. The topological polar surface area (TPSA) is 56.3 Å². The molecule has 0 unspecified atom stereocenters. The highest BCUT2D eigenvalue weighted by molar-refractivity contribution is 5.39. The molecule has 1 aromatic heterocycles. The van der Waals surface area contributed by atoms with Crippen LogP contribution in [0.4, 0.5) is 5.82 Å². The van der Waals surface area contributed by atoms with E-state index in [-0.39, 0.29) is 0 Å². The van der Waals surface area contributed by atoms with Gasteiger partial charge in [0, 0.05) is 19.7 Å². The molecule has 21 heavy (non-hydrogen) atoms. The van der Waals surface area contributed by atoms with Crippen LogP contribution in [0.15, 0.2) is 30.3 Å². The lowest BCUT2D eigenvalue weighted by atomic mass is 10.1. The van der Waals surface area contributed by atoms with Crippen molar-refractivity contribution in [3.05, 3.63) is 47.3 Å². The first-order valence-electron chi connectivity index (χ1n) is 7.00. The van der Waals surface area contributed by atoms with Gasteiger partial charge in [0.2, 0.25) is 5.88 Å². The molecule has 0 radical (unpaired) electrons. The number of ether oxygens (including phenoxy) is 2. The van der Waals surface area contributed by atoms with Gasteiger partial charge in [-0.15, -0.1) is 0 Å². The van der Waals surface area contributed by atoms with Crippen LogP contribution in [-0.4, -0.2) is 23.7 Å². The predicted octanol–water partition coefficient (Wildman–Crippen LogP) is 2.94. The number of anilines is 1. The van der Waals surface area contributed by atoms with Gasteiger partial charge in [0.25, 0.3) is 0 Å². The Kier molecular flexibility index (Phi) is 5.51. The van der Waals surface area contributed by atoms with Crippen molar-refractivity contribution in [2.45, 2.75) is 27.0 Å². The number of benzene rings is 1. The van der Waals surface area contributed by atoms with E-state index in [0.29, 0.717) is 31.5 Å². The SMILES string of the molecule is CCOc1cc(NCc2cccc(COC)c2)nc(C)n1. The second-order valence-electron chi connectivity index (χ2n) is 4.68. The van der Waals surface area contributed by atoms with Gasteiger partial charge in [-0.25, -0.2) is 4.98 Å². The lowest BCUT2D eigenvalue weighted by molar-refractivity contribution is 0.185. The molecule has 0 aliphatic heterocycles. The number of hydrogen-bond donors (Lipinski definition) is 1. The number of nitrogens with zero attached hydrogens (tertiary/aromatic N) is 2. The van der Waals surface area contributed by atoms with E-state index in [0.717, 1.165) is 11.4 Å². The maximum Gasteiger partial charge on any atom is 0.218 e. The molecule has 2 aromatic rings. The van der Waals surface area contributed by atoms with Crippen LogP contribution in [0.25, 0.3) is 0 Å². The summed E-state index contributed by atoms with van der Waals surface area (Å²) < 4.78 is 10.6. The zero-order valence-electron chi connectivity index (χ0n) is 12.7. The molecule has 5 nitrogen and oxygen atoms in total. The zero-order valence-corrected chi connectivity index (χ0v) is 12.7. The third-order valence-corrected chi connectivity index (χ3v) is 2.88. The van der Waals surface area contributed by atoms with Crippen molar-refractivity contribution in [1.82, 2.24) is 9.97 Å². The minimum Gasteiger partial charge on any atom is -0.478 e. The average Bonchev–Trinajstić information content (AvgIpc) is 2.46. The minimum atomic E-state index is 0.592. The molecule has 112 valence electrons. The molecule has 0 aliphatic carbocycles. The van der Waals surface area contributed by atoms with E-state index < -0.39 is 0 Å². The molecular weight excluding hydrogens is 266 g/mol. The Morgan fingerprint density at radius 2 is 1.95 bits per heavy atom. The van der Waals surface area contributed by atoms with Gasteiger partial charge in [-0.2, -0.15) is 4.98 Å². The molecule has 0 amide bonds.